The molecule has 0 fully saturated rings. The minimum Gasteiger partial charge on any atom is -0.382 e. The van der Waals surface area contributed by atoms with E-state index >= 15 is 0 Å². The summed E-state index contributed by atoms with van der Waals surface area (Å²) in [7, 11) is 0. The standard InChI is InChI=1S/C15H23FN2O/c1-5-13(10(3)4)18-15(19)11-8-7-9-12(16)14(11)17-6-2/h7-10,13,17H,5-6H2,1-4H3,(H,18,19). The van der Waals surface area contributed by atoms with E-state index in [9.17, 15) is 9.18 Å². The van der Waals surface area contributed by atoms with Crippen LogP contribution in [0.5, 0.6) is 0 Å². The molecule has 0 heterocycles. The van der Waals surface area contributed by atoms with Gasteiger partial charge in [-0.05, 0) is 31.4 Å². The third-order valence-corrected chi connectivity index (χ3v) is 3.17. The van der Waals surface area contributed by atoms with Crippen molar-refractivity contribution in [2.45, 2.75) is 40.2 Å². The Morgan fingerprint density at radius 3 is 2.53 bits per heavy atom. The van der Waals surface area contributed by atoms with Gasteiger partial charge in [0.25, 0.3) is 5.91 Å². The summed E-state index contributed by atoms with van der Waals surface area (Å²) in [6, 6.07) is 4.66. The summed E-state index contributed by atoms with van der Waals surface area (Å²) < 4.78 is 13.7. The Kier molecular flexibility index (Phi) is 5.80. The van der Waals surface area contributed by atoms with Gasteiger partial charge in [0, 0.05) is 12.6 Å². The Labute approximate surface area is 114 Å². The summed E-state index contributed by atoms with van der Waals surface area (Å²) in [5, 5.41) is 5.87. The molecular weight excluding hydrogens is 243 g/mol. The summed E-state index contributed by atoms with van der Waals surface area (Å²) in [5.74, 6) is -0.270. The largest absolute Gasteiger partial charge is 0.382 e. The van der Waals surface area contributed by atoms with Crippen molar-refractivity contribution in [2.24, 2.45) is 5.92 Å². The van der Waals surface area contributed by atoms with E-state index in [1.807, 2.05) is 13.8 Å². The average molecular weight is 266 g/mol. The SMILES string of the molecule is CCNc1c(F)cccc1C(=O)NC(CC)C(C)C. The number of hydrogen-bond donors (Lipinski definition) is 2. The van der Waals surface area contributed by atoms with E-state index in [4.69, 9.17) is 0 Å². The maximum Gasteiger partial charge on any atom is 0.253 e. The molecule has 0 aliphatic heterocycles. The molecular formula is C15H23FN2O. The number of amides is 1. The predicted molar refractivity (Wildman–Crippen MR) is 76.9 cm³/mol. The Hall–Kier alpha value is -1.58. The van der Waals surface area contributed by atoms with Gasteiger partial charge in [-0.2, -0.15) is 0 Å². The van der Waals surface area contributed by atoms with Gasteiger partial charge >= 0.3 is 0 Å². The number of benzene rings is 1. The summed E-state index contributed by atoms with van der Waals surface area (Å²) in [6.07, 6.45) is 0.856. The predicted octanol–water partition coefficient (Wildman–Crippen LogP) is 3.42. The first-order chi connectivity index (χ1) is 9.01. The summed E-state index contributed by atoms with van der Waals surface area (Å²) in [6.45, 7) is 8.60. The first-order valence-electron chi connectivity index (χ1n) is 6.84. The molecule has 106 valence electrons. The molecule has 2 N–H and O–H groups in total. The fourth-order valence-corrected chi connectivity index (χ4v) is 2.06. The Balaban J connectivity index is 2.96. The Morgan fingerprint density at radius 1 is 1.32 bits per heavy atom. The van der Waals surface area contributed by atoms with Crippen LogP contribution in [-0.4, -0.2) is 18.5 Å². The number of para-hydroxylation sites is 1. The lowest BCUT2D eigenvalue weighted by molar-refractivity contribution is 0.0925. The zero-order valence-corrected chi connectivity index (χ0v) is 12.1. The highest BCUT2D eigenvalue weighted by molar-refractivity contribution is 5.99. The van der Waals surface area contributed by atoms with Crippen LogP contribution in [-0.2, 0) is 0 Å². The molecule has 4 heteroatoms. The second-order valence-corrected chi connectivity index (χ2v) is 4.92. The van der Waals surface area contributed by atoms with Crippen LogP contribution in [0.2, 0.25) is 0 Å². The fraction of sp³-hybridized carbons (Fsp3) is 0.533. The molecule has 0 radical (unpaired) electrons. The van der Waals surface area contributed by atoms with Crippen LogP contribution in [0.4, 0.5) is 10.1 Å². The molecule has 0 aliphatic rings. The van der Waals surface area contributed by atoms with Crippen LogP contribution in [0.25, 0.3) is 0 Å². The lowest BCUT2D eigenvalue weighted by Gasteiger charge is -2.21. The van der Waals surface area contributed by atoms with Crippen molar-refractivity contribution in [3.05, 3.63) is 29.6 Å². The molecule has 0 spiro atoms. The molecule has 1 aromatic carbocycles. The van der Waals surface area contributed by atoms with Gasteiger partial charge in [0.1, 0.15) is 5.82 Å². The van der Waals surface area contributed by atoms with Crippen LogP contribution in [0.3, 0.4) is 0 Å². The highest BCUT2D eigenvalue weighted by Gasteiger charge is 2.19. The van der Waals surface area contributed by atoms with E-state index < -0.39 is 5.82 Å². The Bertz CT molecular complexity index is 432. The van der Waals surface area contributed by atoms with Crippen molar-refractivity contribution in [1.29, 1.82) is 0 Å². The maximum absolute atomic E-state index is 13.7. The van der Waals surface area contributed by atoms with Gasteiger partial charge in [-0.25, -0.2) is 4.39 Å². The third-order valence-electron chi connectivity index (χ3n) is 3.17. The smallest absolute Gasteiger partial charge is 0.253 e. The number of nitrogens with one attached hydrogen (secondary N) is 2. The minimum atomic E-state index is -0.396. The van der Waals surface area contributed by atoms with Gasteiger partial charge in [-0.15, -0.1) is 0 Å². The van der Waals surface area contributed by atoms with Crippen molar-refractivity contribution in [2.75, 3.05) is 11.9 Å². The van der Waals surface area contributed by atoms with Gasteiger partial charge in [0.2, 0.25) is 0 Å². The highest BCUT2D eigenvalue weighted by Crippen LogP contribution is 2.20. The van der Waals surface area contributed by atoms with E-state index in [0.29, 0.717) is 18.0 Å². The van der Waals surface area contributed by atoms with Crippen LogP contribution in [0.15, 0.2) is 18.2 Å². The molecule has 0 aromatic heterocycles. The molecule has 0 saturated carbocycles. The summed E-state index contributed by atoms with van der Waals surface area (Å²) in [5.41, 5.74) is 0.641. The minimum absolute atomic E-state index is 0.102. The molecule has 1 atom stereocenters. The number of carbonyl (C=O) groups excluding carboxylic acids is 1. The number of hydrogen-bond acceptors (Lipinski definition) is 2. The molecule has 1 aromatic rings. The number of halogens is 1. The van der Waals surface area contributed by atoms with Gasteiger partial charge in [0.05, 0.1) is 11.3 Å². The molecule has 0 saturated heterocycles. The number of rotatable bonds is 6. The normalized spacial score (nSPS) is 12.3. The van der Waals surface area contributed by atoms with Crippen LogP contribution < -0.4 is 10.6 Å². The Morgan fingerprint density at radius 2 is 2.00 bits per heavy atom. The molecule has 0 bridgehead atoms. The van der Waals surface area contributed by atoms with E-state index in [1.165, 1.54) is 6.07 Å². The second kappa shape index (κ2) is 7.12. The average Bonchev–Trinajstić information content (AvgIpc) is 2.37. The van der Waals surface area contributed by atoms with Gasteiger partial charge < -0.3 is 10.6 Å². The highest BCUT2D eigenvalue weighted by atomic mass is 19.1. The van der Waals surface area contributed by atoms with Crippen LogP contribution in [0, 0.1) is 11.7 Å². The maximum atomic E-state index is 13.7. The zero-order valence-electron chi connectivity index (χ0n) is 12.1. The van der Waals surface area contributed by atoms with Crippen molar-refractivity contribution in [1.82, 2.24) is 5.32 Å². The molecule has 0 aliphatic carbocycles. The zero-order chi connectivity index (χ0) is 14.4. The quantitative estimate of drug-likeness (QED) is 0.828. The van der Waals surface area contributed by atoms with Crippen molar-refractivity contribution in [3.63, 3.8) is 0 Å². The summed E-state index contributed by atoms with van der Waals surface area (Å²) in [4.78, 5) is 12.2. The van der Waals surface area contributed by atoms with Crippen molar-refractivity contribution < 1.29 is 9.18 Å². The first-order valence-corrected chi connectivity index (χ1v) is 6.84. The van der Waals surface area contributed by atoms with Gasteiger partial charge in [-0.1, -0.05) is 26.8 Å². The van der Waals surface area contributed by atoms with E-state index in [1.54, 1.807) is 12.1 Å². The van der Waals surface area contributed by atoms with Gasteiger partial charge in [0.15, 0.2) is 0 Å². The second-order valence-electron chi connectivity index (χ2n) is 4.92. The van der Waals surface area contributed by atoms with Crippen molar-refractivity contribution in [3.8, 4) is 0 Å². The lowest BCUT2D eigenvalue weighted by Crippen LogP contribution is -2.38. The molecule has 3 nitrogen and oxygen atoms in total. The van der Waals surface area contributed by atoms with E-state index in [0.717, 1.165) is 6.42 Å². The number of anilines is 1. The first kappa shape index (κ1) is 15.5. The monoisotopic (exact) mass is 266 g/mol. The van der Waals surface area contributed by atoms with Gasteiger partial charge in [-0.3, -0.25) is 4.79 Å². The lowest BCUT2D eigenvalue weighted by atomic mass is 10.0. The number of carbonyl (C=O) groups is 1. The van der Waals surface area contributed by atoms with E-state index in [-0.39, 0.29) is 17.6 Å². The topological polar surface area (TPSA) is 41.1 Å². The fourth-order valence-electron chi connectivity index (χ4n) is 2.06. The molecule has 1 rings (SSSR count). The van der Waals surface area contributed by atoms with Crippen molar-refractivity contribution >= 4 is 11.6 Å². The van der Waals surface area contributed by atoms with E-state index in [2.05, 4.69) is 24.5 Å². The molecule has 1 unspecified atom stereocenters. The van der Waals surface area contributed by atoms with Crippen LogP contribution in [0.1, 0.15) is 44.5 Å². The van der Waals surface area contributed by atoms with Crippen LogP contribution >= 0.6 is 0 Å². The summed E-state index contributed by atoms with van der Waals surface area (Å²) >= 11 is 0. The molecule has 1 amide bonds. The third kappa shape index (κ3) is 3.94. The molecule has 19 heavy (non-hydrogen) atoms.